The van der Waals surface area contributed by atoms with Crippen molar-refractivity contribution in [2.45, 2.75) is 11.7 Å². The first kappa shape index (κ1) is 15.3. The third-order valence-corrected chi connectivity index (χ3v) is 5.10. The van der Waals surface area contributed by atoms with E-state index in [0.717, 1.165) is 11.0 Å². The number of hydrogen-bond acceptors (Lipinski definition) is 6. The fourth-order valence-corrected chi connectivity index (χ4v) is 3.91. The molecule has 124 valence electrons. The van der Waals surface area contributed by atoms with Crippen LogP contribution in [0.25, 0.3) is 0 Å². The van der Waals surface area contributed by atoms with Gasteiger partial charge in [-0.25, -0.2) is 4.90 Å². The number of nitrogens with zero attached hydrogens (tertiary/aromatic N) is 2. The van der Waals surface area contributed by atoms with E-state index >= 15 is 0 Å². The summed E-state index contributed by atoms with van der Waals surface area (Å²) >= 11 is 6.06. The van der Waals surface area contributed by atoms with Gasteiger partial charge in [-0.3, -0.25) is 19.7 Å². The predicted octanol–water partition coefficient (Wildman–Crippen LogP) is 1.05. The molecule has 0 aliphatic carbocycles. The molecule has 4 rings (SSSR count). The topological polar surface area (TPSA) is 110 Å². The Morgan fingerprint density at radius 2 is 2.12 bits per heavy atom. The zero-order valence-electron chi connectivity index (χ0n) is 12.1. The normalized spacial score (nSPS) is 33.4. The van der Waals surface area contributed by atoms with Crippen LogP contribution in [0.2, 0.25) is 5.02 Å². The molecule has 9 heteroatoms. The standard InChI is InChI=1S/C15H11ClN2O6/c16-8-2-1-7(18(22)23)5-9(8)17-13(20)11-10-3-4-15(6-19,24-10)12(11)14(17)21/h1-5,10-12,19H,6H2/t10-,11+,12+,15-/m1/s1. The molecule has 1 N–H and O–H groups in total. The lowest BCUT2D eigenvalue weighted by molar-refractivity contribution is -0.384. The molecule has 2 amide bonds. The van der Waals surface area contributed by atoms with E-state index in [9.17, 15) is 24.8 Å². The van der Waals surface area contributed by atoms with E-state index in [1.807, 2.05) is 0 Å². The molecule has 0 unspecified atom stereocenters. The fourth-order valence-electron chi connectivity index (χ4n) is 3.71. The highest BCUT2D eigenvalue weighted by Gasteiger charge is 2.67. The molecule has 2 saturated heterocycles. The van der Waals surface area contributed by atoms with Gasteiger partial charge in [0.2, 0.25) is 11.8 Å². The molecule has 1 aromatic rings. The largest absolute Gasteiger partial charge is 0.393 e. The number of hydrogen-bond donors (Lipinski definition) is 1. The Morgan fingerprint density at radius 1 is 1.38 bits per heavy atom. The highest BCUT2D eigenvalue weighted by Crippen LogP contribution is 2.52. The van der Waals surface area contributed by atoms with Gasteiger partial charge in [-0.1, -0.05) is 23.8 Å². The summed E-state index contributed by atoms with van der Waals surface area (Å²) in [6.07, 6.45) is 2.66. The zero-order chi connectivity index (χ0) is 17.2. The minimum atomic E-state index is -1.22. The van der Waals surface area contributed by atoms with Crippen molar-refractivity contribution in [1.29, 1.82) is 0 Å². The summed E-state index contributed by atoms with van der Waals surface area (Å²) in [6, 6.07) is 3.57. The molecule has 3 aliphatic heterocycles. The van der Waals surface area contributed by atoms with E-state index < -0.39 is 46.9 Å². The molecular formula is C15H11ClN2O6. The van der Waals surface area contributed by atoms with Gasteiger partial charge in [-0.2, -0.15) is 0 Å². The van der Waals surface area contributed by atoms with Gasteiger partial charge in [0.15, 0.2) is 0 Å². The molecule has 0 spiro atoms. The SMILES string of the molecule is O=C1[C@@H]2[C@@H](C(=O)N1c1cc([N+](=O)[O-])ccc1Cl)[C@]1(CO)C=C[C@H]2O1. The van der Waals surface area contributed by atoms with Crippen molar-refractivity contribution < 1.29 is 24.4 Å². The summed E-state index contributed by atoms with van der Waals surface area (Å²) in [5.41, 5.74) is -1.52. The molecular weight excluding hydrogens is 340 g/mol. The second-order valence-corrected chi connectivity index (χ2v) is 6.37. The van der Waals surface area contributed by atoms with Gasteiger partial charge in [0.25, 0.3) is 5.69 Å². The van der Waals surface area contributed by atoms with Crippen LogP contribution in [0.4, 0.5) is 11.4 Å². The van der Waals surface area contributed by atoms with Gasteiger partial charge in [0.1, 0.15) is 5.60 Å². The molecule has 2 fully saturated rings. The van der Waals surface area contributed by atoms with Crippen LogP contribution in [-0.2, 0) is 14.3 Å². The third kappa shape index (κ3) is 1.75. The first-order chi connectivity index (χ1) is 11.4. The Bertz CT molecular complexity index is 824. The molecule has 0 aromatic heterocycles. The summed E-state index contributed by atoms with van der Waals surface area (Å²) < 4.78 is 5.62. The van der Waals surface area contributed by atoms with Crippen molar-refractivity contribution in [3.63, 3.8) is 0 Å². The first-order valence-electron chi connectivity index (χ1n) is 7.19. The monoisotopic (exact) mass is 350 g/mol. The molecule has 3 heterocycles. The van der Waals surface area contributed by atoms with Crippen LogP contribution in [0.15, 0.2) is 30.4 Å². The van der Waals surface area contributed by atoms with Crippen LogP contribution >= 0.6 is 11.6 Å². The van der Waals surface area contributed by atoms with Crippen LogP contribution in [0.5, 0.6) is 0 Å². The van der Waals surface area contributed by atoms with Crippen LogP contribution in [0, 0.1) is 22.0 Å². The van der Waals surface area contributed by atoms with E-state index in [1.165, 1.54) is 12.1 Å². The molecule has 3 aliphatic rings. The number of carbonyl (C=O) groups is 2. The van der Waals surface area contributed by atoms with Crippen molar-refractivity contribution in [3.05, 3.63) is 45.5 Å². The molecule has 1 aromatic carbocycles. The summed E-state index contributed by atoms with van der Waals surface area (Å²) in [5.74, 6) is -2.73. The Kier molecular flexibility index (Phi) is 3.08. The number of nitro groups is 1. The van der Waals surface area contributed by atoms with Gasteiger partial charge in [-0.15, -0.1) is 0 Å². The highest BCUT2D eigenvalue weighted by atomic mass is 35.5. The van der Waals surface area contributed by atoms with E-state index in [-0.39, 0.29) is 16.4 Å². The maximum absolute atomic E-state index is 12.8. The lowest BCUT2D eigenvalue weighted by Gasteiger charge is -2.26. The van der Waals surface area contributed by atoms with E-state index in [1.54, 1.807) is 12.2 Å². The van der Waals surface area contributed by atoms with Crippen molar-refractivity contribution in [3.8, 4) is 0 Å². The van der Waals surface area contributed by atoms with E-state index in [4.69, 9.17) is 16.3 Å². The third-order valence-electron chi connectivity index (χ3n) is 4.78. The maximum Gasteiger partial charge on any atom is 0.271 e. The number of imide groups is 1. The van der Waals surface area contributed by atoms with Gasteiger partial charge in [0, 0.05) is 12.1 Å². The second-order valence-electron chi connectivity index (χ2n) is 5.96. The van der Waals surface area contributed by atoms with Crippen molar-refractivity contribution in [2.75, 3.05) is 11.5 Å². The van der Waals surface area contributed by atoms with Gasteiger partial charge >= 0.3 is 0 Å². The average molecular weight is 351 g/mol. The number of non-ortho nitro benzene ring substituents is 1. The summed E-state index contributed by atoms with van der Waals surface area (Å²) in [6.45, 7) is -0.434. The van der Waals surface area contributed by atoms with Crippen molar-refractivity contribution in [2.24, 2.45) is 11.8 Å². The van der Waals surface area contributed by atoms with E-state index in [2.05, 4.69) is 0 Å². The minimum absolute atomic E-state index is 0.0252. The number of aliphatic hydroxyl groups is 1. The van der Waals surface area contributed by atoms with Gasteiger partial charge in [-0.05, 0) is 6.07 Å². The molecule has 8 nitrogen and oxygen atoms in total. The Labute approximate surface area is 140 Å². The number of carbonyl (C=O) groups excluding carboxylic acids is 2. The van der Waals surface area contributed by atoms with E-state index in [0.29, 0.717) is 0 Å². The first-order valence-corrected chi connectivity index (χ1v) is 7.57. The maximum atomic E-state index is 12.8. The molecule has 2 bridgehead atoms. The predicted molar refractivity (Wildman–Crippen MR) is 81.4 cm³/mol. The second kappa shape index (κ2) is 4.85. The smallest absolute Gasteiger partial charge is 0.271 e. The lowest BCUT2D eigenvalue weighted by atomic mass is 9.77. The zero-order valence-corrected chi connectivity index (χ0v) is 12.8. The quantitative estimate of drug-likeness (QED) is 0.377. The molecule has 0 saturated carbocycles. The molecule has 0 radical (unpaired) electrons. The summed E-state index contributed by atoms with van der Waals surface area (Å²) in [4.78, 5) is 36.8. The Balaban J connectivity index is 1.80. The van der Waals surface area contributed by atoms with Crippen LogP contribution in [0.3, 0.4) is 0 Å². The number of benzene rings is 1. The number of ether oxygens (including phenoxy) is 1. The summed E-state index contributed by atoms with van der Waals surface area (Å²) in [7, 11) is 0. The summed E-state index contributed by atoms with van der Waals surface area (Å²) in [5, 5.41) is 20.7. The molecule has 4 atom stereocenters. The van der Waals surface area contributed by atoms with Crippen molar-refractivity contribution in [1.82, 2.24) is 0 Å². The minimum Gasteiger partial charge on any atom is -0.393 e. The number of halogens is 1. The van der Waals surface area contributed by atoms with Gasteiger partial charge in [0.05, 0.1) is 40.2 Å². The highest BCUT2D eigenvalue weighted by molar-refractivity contribution is 6.36. The fraction of sp³-hybridized carbons (Fsp3) is 0.333. The number of anilines is 1. The number of aliphatic hydroxyl groups excluding tert-OH is 1. The number of amides is 2. The number of nitro benzene ring substituents is 1. The number of rotatable bonds is 3. The average Bonchev–Trinajstić information content (AvgIpc) is 3.19. The number of fused-ring (bicyclic) bond motifs is 5. The van der Waals surface area contributed by atoms with Crippen molar-refractivity contribution >= 4 is 34.8 Å². The van der Waals surface area contributed by atoms with Crippen LogP contribution < -0.4 is 4.90 Å². The molecule has 24 heavy (non-hydrogen) atoms. The Morgan fingerprint density at radius 3 is 2.79 bits per heavy atom. The Hall–Kier alpha value is -2.29. The lowest BCUT2D eigenvalue weighted by Crippen LogP contribution is -2.43. The van der Waals surface area contributed by atoms with Crippen LogP contribution in [-0.4, -0.2) is 40.2 Å². The van der Waals surface area contributed by atoms with Crippen LogP contribution in [0.1, 0.15) is 0 Å². The van der Waals surface area contributed by atoms with Gasteiger partial charge < -0.3 is 9.84 Å².